The van der Waals surface area contributed by atoms with Crippen LogP contribution in [0.5, 0.6) is 0 Å². The van der Waals surface area contributed by atoms with Gasteiger partial charge in [0.15, 0.2) is 0 Å². The minimum Gasteiger partial charge on any atom is -0.465 e. The molecule has 1 rings (SSSR count). The van der Waals surface area contributed by atoms with Gasteiger partial charge in [-0.2, -0.15) is 0 Å². The summed E-state index contributed by atoms with van der Waals surface area (Å²) in [5.41, 5.74) is 2.80. The van der Waals surface area contributed by atoms with Gasteiger partial charge in [-0.3, -0.25) is 0 Å². The van der Waals surface area contributed by atoms with Crippen LogP contribution in [0.1, 0.15) is 73.4 Å². The van der Waals surface area contributed by atoms with Gasteiger partial charge in [0.1, 0.15) is 0 Å². The number of esters is 2. The first-order valence-corrected chi connectivity index (χ1v) is 8.20. The van der Waals surface area contributed by atoms with E-state index in [1.54, 1.807) is 12.1 Å². The summed E-state index contributed by atoms with van der Waals surface area (Å²) in [5.74, 6) is -1.04. The van der Waals surface area contributed by atoms with Gasteiger partial charge in [-0.05, 0) is 46.9 Å². The van der Waals surface area contributed by atoms with Crippen molar-refractivity contribution >= 4 is 11.9 Å². The molecule has 0 fully saturated rings. The highest BCUT2D eigenvalue weighted by Crippen LogP contribution is 2.30. The van der Waals surface area contributed by atoms with E-state index in [0.29, 0.717) is 0 Å². The van der Waals surface area contributed by atoms with E-state index in [2.05, 4.69) is 41.5 Å². The lowest BCUT2D eigenvalue weighted by atomic mass is 9.80. The zero-order chi connectivity index (χ0) is 18.7. The summed E-state index contributed by atoms with van der Waals surface area (Å²) in [5, 5.41) is 0. The van der Waals surface area contributed by atoms with Gasteiger partial charge in [-0.25, -0.2) is 9.59 Å². The first kappa shape index (κ1) is 20.2. The summed E-state index contributed by atoms with van der Waals surface area (Å²) >= 11 is 0. The quantitative estimate of drug-likeness (QED) is 0.764. The van der Waals surface area contributed by atoms with E-state index in [1.165, 1.54) is 14.2 Å². The maximum absolute atomic E-state index is 12.1. The molecule has 134 valence electrons. The van der Waals surface area contributed by atoms with Crippen molar-refractivity contribution in [1.82, 2.24) is 0 Å². The average molecular weight is 334 g/mol. The van der Waals surface area contributed by atoms with Crippen LogP contribution < -0.4 is 0 Å². The minimum atomic E-state index is -0.520. The lowest BCUT2D eigenvalue weighted by Crippen LogP contribution is -2.19. The Morgan fingerprint density at radius 1 is 0.750 bits per heavy atom. The predicted molar refractivity (Wildman–Crippen MR) is 95.4 cm³/mol. The van der Waals surface area contributed by atoms with Crippen molar-refractivity contribution in [2.45, 2.75) is 54.4 Å². The largest absolute Gasteiger partial charge is 0.465 e. The molecule has 1 aromatic carbocycles. The monoisotopic (exact) mass is 334 g/mol. The molecule has 0 bridgehead atoms. The van der Waals surface area contributed by atoms with Crippen LogP contribution in [0.4, 0.5) is 0 Å². The molecule has 4 nitrogen and oxygen atoms in total. The molecule has 24 heavy (non-hydrogen) atoms. The van der Waals surface area contributed by atoms with E-state index in [4.69, 9.17) is 9.47 Å². The molecule has 0 atom stereocenters. The Balaban J connectivity index is 3.59. The molecule has 0 radical (unpaired) electrons. The highest BCUT2D eigenvalue weighted by atomic mass is 16.5. The minimum absolute atomic E-state index is 0.0623. The summed E-state index contributed by atoms with van der Waals surface area (Å²) in [6, 6.07) is 3.59. The van der Waals surface area contributed by atoms with Crippen LogP contribution >= 0.6 is 0 Å². The Hall–Kier alpha value is -1.84. The van der Waals surface area contributed by atoms with Crippen molar-refractivity contribution in [1.29, 1.82) is 0 Å². The molecule has 0 aromatic heterocycles. The topological polar surface area (TPSA) is 52.6 Å². The van der Waals surface area contributed by atoms with E-state index < -0.39 is 11.9 Å². The molecule has 0 aliphatic carbocycles. The van der Waals surface area contributed by atoms with Gasteiger partial charge in [0.05, 0.1) is 25.3 Å². The van der Waals surface area contributed by atoms with Crippen LogP contribution in [0, 0.1) is 10.8 Å². The van der Waals surface area contributed by atoms with Crippen LogP contribution in [0.25, 0.3) is 0 Å². The molecular weight excluding hydrogens is 304 g/mol. The van der Waals surface area contributed by atoms with E-state index in [-0.39, 0.29) is 22.0 Å². The smallest absolute Gasteiger partial charge is 0.338 e. The number of rotatable bonds is 4. The Kier molecular flexibility index (Phi) is 6.20. The van der Waals surface area contributed by atoms with Gasteiger partial charge < -0.3 is 9.47 Å². The standard InChI is InChI=1S/C20H30O4/c1-19(2,3)11-13-9-15(17(21)23-7)16(18(22)24-8)10-14(13)12-20(4,5)6/h9-10H,11-12H2,1-8H3. The van der Waals surface area contributed by atoms with Crippen LogP contribution in [0.3, 0.4) is 0 Å². The van der Waals surface area contributed by atoms with Crippen LogP contribution in [0.2, 0.25) is 0 Å². The molecule has 0 unspecified atom stereocenters. The highest BCUT2D eigenvalue weighted by molar-refractivity contribution is 6.03. The second kappa shape index (κ2) is 7.37. The van der Waals surface area contributed by atoms with Crippen molar-refractivity contribution in [3.63, 3.8) is 0 Å². The lowest BCUT2D eigenvalue weighted by Gasteiger charge is -2.25. The molecule has 0 saturated heterocycles. The van der Waals surface area contributed by atoms with E-state index >= 15 is 0 Å². The lowest BCUT2D eigenvalue weighted by molar-refractivity contribution is 0.0555. The fourth-order valence-corrected chi connectivity index (χ4v) is 2.72. The molecule has 4 heteroatoms. The van der Waals surface area contributed by atoms with Crippen molar-refractivity contribution in [2.75, 3.05) is 14.2 Å². The number of ether oxygens (including phenoxy) is 2. The third kappa shape index (κ3) is 5.66. The van der Waals surface area contributed by atoms with Crippen molar-refractivity contribution in [2.24, 2.45) is 10.8 Å². The normalized spacial score (nSPS) is 12.0. The first-order valence-electron chi connectivity index (χ1n) is 8.20. The fraction of sp³-hybridized carbons (Fsp3) is 0.600. The Bertz CT molecular complexity index is 561. The maximum atomic E-state index is 12.1. The number of carbonyl (C=O) groups is 2. The molecule has 0 saturated carbocycles. The summed E-state index contributed by atoms with van der Waals surface area (Å²) < 4.78 is 9.70. The van der Waals surface area contributed by atoms with Gasteiger partial charge in [-0.1, -0.05) is 41.5 Å². The molecule has 0 spiro atoms. The third-order valence-corrected chi connectivity index (χ3v) is 3.59. The highest BCUT2D eigenvalue weighted by Gasteiger charge is 2.25. The van der Waals surface area contributed by atoms with Crippen molar-refractivity contribution in [3.8, 4) is 0 Å². The van der Waals surface area contributed by atoms with E-state index in [9.17, 15) is 9.59 Å². The zero-order valence-corrected chi connectivity index (χ0v) is 16.2. The van der Waals surface area contributed by atoms with E-state index in [1.807, 2.05) is 0 Å². The number of carbonyl (C=O) groups excluding carboxylic acids is 2. The second-order valence-electron chi connectivity index (χ2n) is 8.62. The summed E-state index contributed by atoms with van der Waals surface area (Å²) in [4.78, 5) is 24.3. The maximum Gasteiger partial charge on any atom is 0.338 e. The summed E-state index contributed by atoms with van der Waals surface area (Å²) in [6.07, 6.45) is 1.62. The van der Waals surface area contributed by atoms with Crippen LogP contribution in [-0.4, -0.2) is 26.2 Å². The van der Waals surface area contributed by atoms with Gasteiger partial charge in [0, 0.05) is 0 Å². The summed E-state index contributed by atoms with van der Waals surface area (Å²) in [7, 11) is 2.63. The molecule has 0 heterocycles. The molecule has 0 aliphatic heterocycles. The Labute approximate surface area is 145 Å². The molecular formula is C20H30O4. The molecule has 0 amide bonds. The van der Waals surface area contributed by atoms with Crippen molar-refractivity contribution in [3.05, 3.63) is 34.4 Å². The predicted octanol–water partition coefficient (Wildman–Crippen LogP) is 4.44. The Morgan fingerprint density at radius 3 is 1.25 bits per heavy atom. The average Bonchev–Trinajstić information content (AvgIpc) is 2.44. The van der Waals surface area contributed by atoms with Crippen LogP contribution in [-0.2, 0) is 22.3 Å². The number of hydrogen-bond acceptors (Lipinski definition) is 4. The Morgan fingerprint density at radius 2 is 1.04 bits per heavy atom. The summed E-state index contributed by atoms with van der Waals surface area (Å²) in [6.45, 7) is 12.9. The SMILES string of the molecule is COC(=O)c1cc(CC(C)(C)C)c(CC(C)(C)C)cc1C(=O)OC. The van der Waals surface area contributed by atoms with E-state index in [0.717, 1.165) is 24.0 Å². The molecule has 0 N–H and O–H groups in total. The van der Waals surface area contributed by atoms with Gasteiger partial charge in [0.25, 0.3) is 0 Å². The van der Waals surface area contributed by atoms with Crippen molar-refractivity contribution < 1.29 is 19.1 Å². The second-order valence-corrected chi connectivity index (χ2v) is 8.62. The number of hydrogen-bond donors (Lipinski definition) is 0. The van der Waals surface area contributed by atoms with Gasteiger partial charge >= 0.3 is 11.9 Å². The fourth-order valence-electron chi connectivity index (χ4n) is 2.72. The van der Waals surface area contributed by atoms with Gasteiger partial charge in [-0.15, -0.1) is 0 Å². The van der Waals surface area contributed by atoms with Gasteiger partial charge in [0.2, 0.25) is 0 Å². The zero-order valence-electron chi connectivity index (χ0n) is 16.2. The number of benzene rings is 1. The van der Waals surface area contributed by atoms with Crippen LogP contribution in [0.15, 0.2) is 12.1 Å². The molecule has 1 aromatic rings. The third-order valence-electron chi connectivity index (χ3n) is 3.59. The number of methoxy groups -OCH3 is 2. The molecule has 0 aliphatic rings. The first-order chi connectivity index (χ1) is 10.9.